The molecule has 0 aliphatic carbocycles. The van der Waals surface area contributed by atoms with Crippen molar-refractivity contribution in [2.75, 3.05) is 7.11 Å². The van der Waals surface area contributed by atoms with E-state index in [1.165, 1.54) is 5.56 Å². The highest BCUT2D eigenvalue weighted by Crippen LogP contribution is 2.31. The summed E-state index contributed by atoms with van der Waals surface area (Å²) in [6.07, 6.45) is 2.69. The Labute approximate surface area is 119 Å². The number of ether oxygens (including phenoxy) is 1. The molecule has 1 unspecified atom stereocenters. The second-order valence-corrected chi connectivity index (χ2v) is 4.57. The van der Waals surface area contributed by atoms with Crippen LogP contribution in [0, 0.1) is 0 Å². The van der Waals surface area contributed by atoms with Gasteiger partial charge in [0.25, 0.3) is 0 Å². The molecule has 1 aromatic heterocycles. The predicted molar refractivity (Wildman–Crippen MR) is 79.4 cm³/mol. The summed E-state index contributed by atoms with van der Waals surface area (Å²) in [4.78, 5) is 0. The number of hydrogen-bond donors (Lipinski definition) is 2. The van der Waals surface area contributed by atoms with Crippen molar-refractivity contribution in [3.05, 3.63) is 47.3 Å². The van der Waals surface area contributed by atoms with Gasteiger partial charge in [-0.3, -0.25) is 10.5 Å². The number of benzene rings is 1. The van der Waals surface area contributed by atoms with Crippen LogP contribution in [-0.2, 0) is 13.0 Å². The third-order valence-electron chi connectivity index (χ3n) is 3.55. The molecule has 5 heteroatoms. The van der Waals surface area contributed by atoms with E-state index in [1.807, 2.05) is 16.8 Å². The van der Waals surface area contributed by atoms with Gasteiger partial charge in [-0.25, -0.2) is 5.43 Å². The fourth-order valence-electron chi connectivity index (χ4n) is 2.53. The van der Waals surface area contributed by atoms with E-state index in [0.29, 0.717) is 0 Å². The molecule has 1 atom stereocenters. The Hall–Kier alpha value is -1.85. The molecule has 0 spiro atoms. The first kappa shape index (κ1) is 14.6. The molecule has 20 heavy (non-hydrogen) atoms. The van der Waals surface area contributed by atoms with Crippen LogP contribution in [0.1, 0.15) is 36.7 Å². The highest BCUT2D eigenvalue weighted by Gasteiger charge is 2.23. The van der Waals surface area contributed by atoms with Crippen LogP contribution in [0.5, 0.6) is 5.75 Å². The van der Waals surface area contributed by atoms with Gasteiger partial charge in [-0.1, -0.05) is 31.2 Å². The smallest absolute Gasteiger partial charge is 0.161 e. The van der Waals surface area contributed by atoms with Crippen molar-refractivity contribution in [1.29, 1.82) is 0 Å². The fraction of sp³-hybridized carbons (Fsp3) is 0.400. The lowest BCUT2D eigenvalue weighted by Crippen LogP contribution is -2.31. The standard InChI is InChI=1S/C15H22N4O/c1-4-11-8-6-7-9-12(11)14(18-16)15-13(20-3)10-17-19(15)5-2/h6-10,14,18H,4-5,16H2,1-3H3. The maximum atomic E-state index is 5.82. The van der Waals surface area contributed by atoms with E-state index in [1.54, 1.807) is 13.3 Å². The number of rotatable bonds is 6. The van der Waals surface area contributed by atoms with Gasteiger partial charge in [0.2, 0.25) is 0 Å². The molecule has 3 N–H and O–H groups in total. The summed E-state index contributed by atoms with van der Waals surface area (Å²) in [6.45, 7) is 4.96. The van der Waals surface area contributed by atoms with Crippen molar-refractivity contribution < 1.29 is 4.74 Å². The Kier molecular flexibility index (Phi) is 4.76. The largest absolute Gasteiger partial charge is 0.493 e. The molecule has 0 aliphatic heterocycles. The number of aryl methyl sites for hydroxylation is 2. The van der Waals surface area contributed by atoms with Gasteiger partial charge in [0.05, 0.1) is 19.3 Å². The molecule has 0 radical (unpaired) electrons. The second kappa shape index (κ2) is 6.54. The highest BCUT2D eigenvalue weighted by molar-refractivity contribution is 5.40. The highest BCUT2D eigenvalue weighted by atomic mass is 16.5. The van der Waals surface area contributed by atoms with E-state index in [-0.39, 0.29) is 6.04 Å². The number of methoxy groups -OCH3 is 1. The number of nitrogens with zero attached hydrogens (tertiary/aromatic N) is 2. The first-order valence-electron chi connectivity index (χ1n) is 6.90. The molecule has 2 aromatic rings. The van der Waals surface area contributed by atoms with Crippen LogP contribution >= 0.6 is 0 Å². The normalized spacial score (nSPS) is 12.4. The molecule has 2 rings (SSSR count). The Balaban J connectivity index is 2.55. The molecule has 0 fully saturated rings. The molecule has 0 aliphatic rings. The van der Waals surface area contributed by atoms with Crippen LogP contribution in [0.4, 0.5) is 0 Å². The van der Waals surface area contributed by atoms with Crippen molar-refractivity contribution >= 4 is 0 Å². The third-order valence-corrected chi connectivity index (χ3v) is 3.55. The Morgan fingerprint density at radius 1 is 1.35 bits per heavy atom. The van der Waals surface area contributed by atoms with Crippen LogP contribution in [0.2, 0.25) is 0 Å². The zero-order valence-electron chi connectivity index (χ0n) is 12.3. The first-order chi connectivity index (χ1) is 9.76. The molecule has 0 saturated heterocycles. The number of aromatic nitrogens is 2. The summed E-state index contributed by atoms with van der Waals surface area (Å²) in [7, 11) is 1.65. The van der Waals surface area contributed by atoms with Crippen LogP contribution in [0.25, 0.3) is 0 Å². The summed E-state index contributed by atoms with van der Waals surface area (Å²) in [5.74, 6) is 6.57. The lowest BCUT2D eigenvalue weighted by Gasteiger charge is -2.21. The molecular weight excluding hydrogens is 252 g/mol. The van der Waals surface area contributed by atoms with Crippen molar-refractivity contribution in [1.82, 2.24) is 15.2 Å². The molecule has 0 bridgehead atoms. The maximum absolute atomic E-state index is 5.82. The number of nitrogens with one attached hydrogen (secondary N) is 1. The summed E-state index contributed by atoms with van der Waals surface area (Å²) >= 11 is 0. The zero-order chi connectivity index (χ0) is 14.5. The monoisotopic (exact) mass is 274 g/mol. The average Bonchev–Trinajstić information content (AvgIpc) is 2.91. The molecule has 1 heterocycles. The Morgan fingerprint density at radius 2 is 2.10 bits per heavy atom. The minimum absolute atomic E-state index is 0.136. The average molecular weight is 274 g/mol. The number of nitrogens with two attached hydrogens (primary N) is 1. The van der Waals surface area contributed by atoms with Gasteiger partial charge in [0.1, 0.15) is 5.69 Å². The Morgan fingerprint density at radius 3 is 2.70 bits per heavy atom. The first-order valence-corrected chi connectivity index (χ1v) is 6.90. The van der Waals surface area contributed by atoms with Crippen molar-refractivity contribution in [3.8, 4) is 5.75 Å². The van der Waals surface area contributed by atoms with E-state index < -0.39 is 0 Å². The quantitative estimate of drug-likeness (QED) is 0.625. The number of hydrogen-bond acceptors (Lipinski definition) is 4. The van der Waals surface area contributed by atoms with E-state index in [2.05, 4.69) is 36.5 Å². The lowest BCUT2D eigenvalue weighted by molar-refractivity contribution is 0.399. The summed E-state index contributed by atoms with van der Waals surface area (Å²) in [6, 6.07) is 8.15. The molecule has 0 saturated carbocycles. The summed E-state index contributed by atoms with van der Waals surface area (Å²) in [5.41, 5.74) is 6.28. The van der Waals surface area contributed by atoms with Crippen molar-refractivity contribution in [3.63, 3.8) is 0 Å². The SMILES string of the molecule is CCc1ccccc1C(NN)c1c(OC)cnn1CC. The molecule has 1 aromatic carbocycles. The van der Waals surface area contributed by atoms with Gasteiger partial charge in [0.15, 0.2) is 5.75 Å². The molecule has 0 amide bonds. The molecule has 108 valence electrons. The third kappa shape index (κ3) is 2.55. The summed E-state index contributed by atoms with van der Waals surface area (Å²) in [5, 5.41) is 4.35. The van der Waals surface area contributed by atoms with Crippen LogP contribution < -0.4 is 16.0 Å². The number of hydrazine groups is 1. The zero-order valence-corrected chi connectivity index (χ0v) is 12.3. The van der Waals surface area contributed by atoms with Crippen LogP contribution in [0.3, 0.4) is 0 Å². The topological polar surface area (TPSA) is 65.1 Å². The Bertz CT molecular complexity index is 543. The molecular formula is C15H22N4O. The minimum Gasteiger partial charge on any atom is -0.493 e. The van der Waals surface area contributed by atoms with Gasteiger partial charge < -0.3 is 4.74 Å². The van der Waals surface area contributed by atoms with E-state index in [4.69, 9.17) is 10.6 Å². The fourth-order valence-corrected chi connectivity index (χ4v) is 2.53. The van der Waals surface area contributed by atoms with E-state index in [9.17, 15) is 0 Å². The van der Waals surface area contributed by atoms with Gasteiger partial charge in [-0.2, -0.15) is 5.10 Å². The van der Waals surface area contributed by atoms with Gasteiger partial charge in [-0.15, -0.1) is 0 Å². The van der Waals surface area contributed by atoms with Crippen molar-refractivity contribution in [2.24, 2.45) is 5.84 Å². The van der Waals surface area contributed by atoms with E-state index in [0.717, 1.165) is 30.0 Å². The minimum atomic E-state index is -0.136. The maximum Gasteiger partial charge on any atom is 0.161 e. The second-order valence-electron chi connectivity index (χ2n) is 4.57. The predicted octanol–water partition coefficient (Wildman–Crippen LogP) is 2.03. The van der Waals surface area contributed by atoms with Gasteiger partial charge in [-0.05, 0) is 24.5 Å². The molecule has 5 nitrogen and oxygen atoms in total. The lowest BCUT2D eigenvalue weighted by atomic mass is 9.96. The summed E-state index contributed by atoms with van der Waals surface area (Å²) < 4.78 is 7.34. The van der Waals surface area contributed by atoms with Crippen LogP contribution in [0.15, 0.2) is 30.5 Å². The van der Waals surface area contributed by atoms with Gasteiger partial charge >= 0.3 is 0 Å². The van der Waals surface area contributed by atoms with Crippen LogP contribution in [-0.4, -0.2) is 16.9 Å². The van der Waals surface area contributed by atoms with Gasteiger partial charge in [0, 0.05) is 6.54 Å². The van der Waals surface area contributed by atoms with E-state index >= 15 is 0 Å². The van der Waals surface area contributed by atoms with Crippen molar-refractivity contribution in [2.45, 2.75) is 32.9 Å².